The molecule has 0 spiro atoms. The van der Waals surface area contributed by atoms with Gasteiger partial charge in [-0.25, -0.2) is 0 Å². The summed E-state index contributed by atoms with van der Waals surface area (Å²) in [5, 5.41) is 14.2. The number of anilines is 1. The van der Waals surface area contributed by atoms with Gasteiger partial charge in [-0.05, 0) is 39.0 Å². The van der Waals surface area contributed by atoms with E-state index in [1.807, 2.05) is 26.8 Å². The number of nitrogens with zero attached hydrogens (tertiary/aromatic N) is 1. The summed E-state index contributed by atoms with van der Waals surface area (Å²) < 4.78 is 5.49. The molecule has 0 aliphatic rings. The number of nitro groups is 1. The SMILES string of the molecule is Cc1cc(C(C)Nc2ccc(Cl)c([N+](=O)[O-])c2)c(C)o1. The molecule has 1 aromatic carbocycles. The molecule has 106 valence electrons. The summed E-state index contributed by atoms with van der Waals surface area (Å²) in [6.07, 6.45) is 0. The quantitative estimate of drug-likeness (QED) is 0.659. The fourth-order valence-corrected chi connectivity index (χ4v) is 2.34. The zero-order valence-electron chi connectivity index (χ0n) is 11.4. The van der Waals surface area contributed by atoms with Gasteiger partial charge < -0.3 is 9.73 Å². The van der Waals surface area contributed by atoms with Crippen LogP contribution in [0.2, 0.25) is 5.02 Å². The number of nitro benzene ring substituents is 1. The van der Waals surface area contributed by atoms with Crippen molar-refractivity contribution in [1.29, 1.82) is 0 Å². The summed E-state index contributed by atoms with van der Waals surface area (Å²) in [6, 6.07) is 6.60. The molecule has 20 heavy (non-hydrogen) atoms. The Balaban J connectivity index is 2.24. The Morgan fingerprint density at radius 3 is 2.60 bits per heavy atom. The molecule has 2 aromatic rings. The highest BCUT2D eigenvalue weighted by atomic mass is 35.5. The Hall–Kier alpha value is -2.01. The van der Waals surface area contributed by atoms with Gasteiger partial charge in [0.2, 0.25) is 0 Å². The summed E-state index contributed by atoms with van der Waals surface area (Å²) in [6.45, 7) is 5.75. The van der Waals surface area contributed by atoms with E-state index in [1.165, 1.54) is 12.1 Å². The number of hydrogen-bond acceptors (Lipinski definition) is 4. The third-order valence-corrected chi connectivity index (χ3v) is 3.39. The highest BCUT2D eigenvalue weighted by Gasteiger charge is 2.16. The standard InChI is InChI=1S/C14H15ClN2O3/c1-8-6-12(10(3)20-8)9(2)16-11-4-5-13(15)14(7-11)17(18)19/h4-7,9,16H,1-3H3. The van der Waals surface area contributed by atoms with E-state index in [0.717, 1.165) is 17.1 Å². The highest BCUT2D eigenvalue weighted by Crippen LogP contribution is 2.30. The lowest BCUT2D eigenvalue weighted by Crippen LogP contribution is -2.07. The van der Waals surface area contributed by atoms with E-state index in [4.69, 9.17) is 16.0 Å². The second kappa shape index (κ2) is 5.54. The average Bonchev–Trinajstić information content (AvgIpc) is 2.70. The minimum absolute atomic E-state index is 0.0202. The van der Waals surface area contributed by atoms with Gasteiger partial charge in [0.25, 0.3) is 5.69 Å². The molecule has 0 saturated heterocycles. The molecular weight excluding hydrogens is 280 g/mol. The Kier molecular flexibility index (Phi) is 3.99. The van der Waals surface area contributed by atoms with Crippen LogP contribution >= 0.6 is 11.6 Å². The molecule has 2 rings (SSSR count). The molecule has 6 heteroatoms. The Labute approximate surface area is 121 Å². The number of rotatable bonds is 4. The first-order chi connectivity index (χ1) is 9.38. The smallest absolute Gasteiger partial charge is 0.289 e. The van der Waals surface area contributed by atoms with Crippen LogP contribution in [0.25, 0.3) is 0 Å². The maximum Gasteiger partial charge on any atom is 0.289 e. The molecule has 1 unspecified atom stereocenters. The lowest BCUT2D eigenvalue weighted by molar-refractivity contribution is -0.384. The van der Waals surface area contributed by atoms with Crippen molar-refractivity contribution in [3.05, 3.63) is 56.5 Å². The number of nitrogens with one attached hydrogen (secondary N) is 1. The van der Waals surface area contributed by atoms with Gasteiger partial charge in [0.1, 0.15) is 16.5 Å². The molecule has 0 fully saturated rings. The maximum absolute atomic E-state index is 10.9. The van der Waals surface area contributed by atoms with Gasteiger partial charge in [0.15, 0.2) is 0 Å². The van der Waals surface area contributed by atoms with E-state index in [0.29, 0.717) is 5.69 Å². The molecule has 1 atom stereocenters. The van der Waals surface area contributed by atoms with E-state index >= 15 is 0 Å². The minimum Gasteiger partial charge on any atom is -0.466 e. The van der Waals surface area contributed by atoms with Gasteiger partial charge in [0, 0.05) is 17.3 Å². The molecule has 0 aliphatic carbocycles. The van der Waals surface area contributed by atoms with Crippen molar-refractivity contribution >= 4 is 23.0 Å². The van der Waals surface area contributed by atoms with Crippen molar-refractivity contribution in [2.75, 3.05) is 5.32 Å². The first kappa shape index (κ1) is 14.4. The van der Waals surface area contributed by atoms with E-state index in [2.05, 4.69) is 5.32 Å². The lowest BCUT2D eigenvalue weighted by atomic mass is 10.1. The fourth-order valence-electron chi connectivity index (χ4n) is 2.15. The van der Waals surface area contributed by atoms with Crippen molar-refractivity contribution in [1.82, 2.24) is 0 Å². The first-order valence-corrected chi connectivity index (χ1v) is 6.53. The molecule has 1 heterocycles. The predicted octanol–water partition coefficient (Wildman–Crippen LogP) is 4.63. The average molecular weight is 295 g/mol. The molecule has 0 aliphatic heterocycles. The Morgan fingerprint density at radius 1 is 1.35 bits per heavy atom. The van der Waals surface area contributed by atoms with Gasteiger partial charge in [-0.15, -0.1) is 0 Å². The predicted molar refractivity (Wildman–Crippen MR) is 78.3 cm³/mol. The summed E-state index contributed by atoms with van der Waals surface area (Å²) in [7, 11) is 0. The van der Waals surface area contributed by atoms with Gasteiger partial charge in [0.05, 0.1) is 11.0 Å². The Morgan fingerprint density at radius 2 is 2.05 bits per heavy atom. The van der Waals surface area contributed by atoms with E-state index in [1.54, 1.807) is 6.07 Å². The van der Waals surface area contributed by atoms with Gasteiger partial charge >= 0.3 is 0 Å². The zero-order chi connectivity index (χ0) is 14.9. The van der Waals surface area contributed by atoms with Gasteiger partial charge in [-0.3, -0.25) is 10.1 Å². The number of furan rings is 1. The van der Waals surface area contributed by atoms with Crippen LogP contribution in [0.15, 0.2) is 28.7 Å². The molecular formula is C14H15ClN2O3. The Bertz CT molecular complexity index is 652. The van der Waals surface area contributed by atoms with Crippen LogP contribution in [0.4, 0.5) is 11.4 Å². The second-order valence-electron chi connectivity index (χ2n) is 4.66. The third-order valence-electron chi connectivity index (χ3n) is 3.07. The second-order valence-corrected chi connectivity index (χ2v) is 5.07. The zero-order valence-corrected chi connectivity index (χ0v) is 12.2. The van der Waals surface area contributed by atoms with E-state index in [-0.39, 0.29) is 16.8 Å². The van der Waals surface area contributed by atoms with Crippen LogP contribution in [0.1, 0.15) is 30.0 Å². The van der Waals surface area contributed by atoms with Crippen molar-refractivity contribution < 1.29 is 9.34 Å². The van der Waals surface area contributed by atoms with Crippen LogP contribution in [0, 0.1) is 24.0 Å². The topological polar surface area (TPSA) is 68.3 Å². The van der Waals surface area contributed by atoms with Crippen LogP contribution in [-0.4, -0.2) is 4.92 Å². The van der Waals surface area contributed by atoms with Crippen molar-refractivity contribution in [3.63, 3.8) is 0 Å². The maximum atomic E-state index is 10.9. The van der Waals surface area contributed by atoms with Gasteiger partial charge in [-0.1, -0.05) is 11.6 Å². The van der Waals surface area contributed by atoms with E-state index < -0.39 is 4.92 Å². The van der Waals surface area contributed by atoms with Crippen LogP contribution in [0.5, 0.6) is 0 Å². The summed E-state index contributed by atoms with van der Waals surface area (Å²) in [4.78, 5) is 10.4. The van der Waals surface area contributed by atoms with Crippen molar-refractivity contribution in [2.24, 2.45) is 0 Å². The molecule has 1 aromatic heterocycles. The summed E-state index contributed by atoms with van der Waals surface area (Å²) in [5.74, 6) is 1.68. The molecule has 0 amide bonds. The summed E-state index contributed by atoms with van der Waals surface area (Å²) >= 11 is 5.79. The van der Waals surface area contributed by atoms with Crippen LogP contribution in [-0.2, 0) is 0 Å². The largest absolute Gasteiger partial charge is 0.466 e. The van der Waals surface area contributed by atoms with Gasteiger partial charge in [-0.2, -0.15) is 0 Å². The molecule has 0 saturated carbocycles. The number of hydrogen-bond donors (Lipinski definition) is 1. The molecule has 5 nitrogen and oxygen atoms in total. The van der Waals surface area contributed by atoms with Crippen LogP contribution < -0.4 is 5.32 Å². The molecule has 0 bridgehead atoms. The highest BCUT2D eigenvalue weighted by molar-refractivity contribution is 6.32. The monoisotopic (exact) mass is 294 g/mol. The van der Waals surface area contributed by atoms with Crippen molar-refractivity contribution in [3.8, 4) is 0 Å². The molecule has 1 N–H and O–H groups in total. The summed E-state index contributed by atoms with van der Waals surface area (Å²) in [5.41, 5.74) is 1.57. The number of benzene rings is 1. The van der Waals surface area contributed by atoms with Crippen LogP contribution in [0.3, 0.4) is 0 Å². The fraction of sp³-hybridized carbons (Fsp3) is 0.286. The lowest BCUT2D eigenvalue weighted by Gasteiger charge is -2.14. The van der Waals surface area contributed by atoms with Crippen molar-refractivity contribution in [2.45, 2.75) is 26.8 Å². The third kappa shape index (κ3) is 2.93. The minimum atomic E-state index is -0.495. The molecule has 0 radical (unpaired) electrons. The van der Waals surface area contributed by atoms with E-state index in [9.17, 15) is 10.1 Å². The first-order valence-electron chi connectivity index (χ1n) is 6.16. The number of halogens is 1. The normalized spacial score (nSPS) is 12.2. The number of aryl methyl sites for hydroxylation is 2.